The number of aromatic nitrogens is 1. The monoisotopic (exact) mass is 304 g/mol. The summed E-state index contributed by atoms with van der Waals surface area (Å²) in [7, 11) is 0. The molecule has 0 bridgehead atoms. The predicted octanol–water partition coefficient (Wildman–Crippen LogP) is 4.52. The van der Waals surface area contributed by atoms with E-state index in [0.29, 0.717) is 16.5 Å². The van der Waals surface area contributed by atoms with Crippen LogP contribution in [0.5, 0.6) is 0 Å². The molecule has 0 spiro atoms. The van der Waals surface area contributed by atoms with Gasteiger partial charge in [0.15, 0.2) is 0 Å². The molecule has 1 heterocycles. The first-order chi connectivity index (χ1) is 10.2. The summed E-state index contributed by atoms with van der Waals surface area (Å²) in [5, 5.41) is 4.56. The highest BCUT2D eigenvalue weighted by Gasteiger charge is 2.23. The summed E-state index contributed by atoms with van der Waals surface area (Å²) in [6, 6.07) is 5.81. The van der Waals surface area contributed by atoms with E-state index in [1.165, 1.54) is 32.1 Å². The Kier molecular flexibility index (Phi) is 4.20. The molecule has 21 heavy (non-hydrogen) atoms. The van der Waals surface area contributed by atoms with Crippen LogP contribution in [-0.4, -0.2) is 16.9 Å². The molecule has 2 aromatic rings. The van der Waals surface area contributed by atoms with Crippen LogP contribution in [-0.2, 0) is 0 Å². The molecule has 0 unspecified atom stereocenters. The molecule has 0 saturated heterocycles. The topological polar surface area (TPSA) is 44.9 Å². The van der Waals surface area contributed by atoms with Crippen LogP contribution in [0.2, 0.25) is 5.02 Å². The number of H-pyrrole nitrogens is 1. The Morgan fingerprint density at radius 3 is 2.81 bits per heavy atom. The largest absolute Gasteiger partial charge is 0.361 e. The van der Waals surface area contributed by atoms with Gasteiger partial charge < -0.3 is 10.3 Å². The number of carbonyl (C=O) groups is 1. The summed E-state index contributed by atoms with van der Waals surface area (Å²) in [5.41, 5.74) is 1.52. The van der Waals surface area contributed by atoms with Gasteiger partial charge in [0.1, 0.15) is 0 Å². The van der Waals surface area contributed by atoms with Gasteiger partial charge in [-0.25, -0.2) is 0 Å². The maximum atomic E-state index is 12.5. The van der Waals surface area contributed by atoms with E-state index < -0.39 is 0 Å². The maximum absolute atomic E-state index is 12.5. The van der Waals surface area contributed by atoms with Crippen molar-refractivity contribution in [1.82, 2.24) is 10.3 Å². The first kappa shape index (κ1) is 14.5. The highest BCUT2D eigenvalue weighted by atomic mass is 35.5. The zero-order chi connectivity index (χ0) is 14.8. The van der Waals surface area contributed by atoms with Crippen LogP contribution in [0.3, 0.4) is 0 Å². The predicted molar refractivity (Wildman–Crippen MR) is 86.8 cm³/mol. The summed E-state index contributed by atoms with van der Waals surface area (Å²) in [6.45, 7) is 2.11. The van der Waals surface area contributed by atoms with Crippen LogP contribution in [0.25, 0.3) is 10.9 Å². The summed E-state index contributed by atoms with van der Waals surface area (Å²) in [6.07, 6.45) is 8.15. The van der Waals surface area contributed by atoms with Gasteiger partial charge in [0, 0.05) is 23.1 Å². The Bertz CT molecular complexity index is 643. The quantitative estimate of drug-likeness (QED) is 0.860. The Labute approximate surface area is 130 Å². The third-order valence-corrected chi connectivity index (χ3v) is 5.04. The molecule has 112 valence electrons. The molecule has 1 amide bonds. The minimum atomic E-state index is -0.0684. The molecule has 1 fully saturated rings. The number of amides is 1. The van der Waals surface area contributed by atoms with Crippen molar-refractivity contribution in [2.75, 3.05) is 0 Å². The Morgan fingerprint density at radius 2 is 2.05 bits per heavy atom. The molecular weight excluding hydrogens is 284 g/mol. The smallest absolute Gasteiger partial charge is 0.253 e. The Balaban J connectivity index is 1.75. The van der Waals surface area contributed by atoms with Crippen molar-refractivity contribution in [2.24, 2.45) is 5.92 Å². The summed E-state index contributed by atoms with van der Waals surface area (Å²) in [4.78, 5) is 15.6. The van der Waals surface area contributed by atoms with E-state index in [1.807, 2.05) is 18.3 Å². The van der Waals surface area contributed by atoms with Crippen molar-refractivity contribution in [3.05, 3.63) is 35.0 Å². The van der Waals surface area contributed by atoms with Gasteiger partial charge in [-0.05, 0) is 43.9 Å². The van der Waals surface area contributed by atoms with Crippen LogP contribution in [0.4, 0.5) is 0 Å². The molecule has 0 aliphatic heterocycles. The average molecular weight is 305 g/mol. The first-order valence-corrected chi connectivity index (χ1v) is 8.11. The van der Waals surface area contributed by atoms with E-state index in [2.05, 4.69) is 17.2 Å². The average Bonchev–Trinajstić information content (AvgIpc) is 2.98. The molecule has 0 radical (unpaired) electrons. The van der Waals surface area contributed by atoms with Crippen LogP contribution >= 0.6 is 11.6 Å². The van der Waals surface area contributed by atoms with Gasteiger partial charge in [0.05, 0.1) is 10.6 Å². The van der Waals surface area contributed by atoms with Crippen LogP contribution in [0.15, 0.2) is 24.4 Å². The lowest BCUT2D eigenvalue weighted by Gasteiger charge is -2.28. The van der Waals surface area contributed by atoms with E-state index in [4.69, 9.17) is 11.6 Å². The molecule has 4 heteroatoms. The van der Waals surface area contributed by atoms with E-state index in [9.17, 15) is 4.79 Å². The van der Waals surface area contributed by atoms with Gasteiger partial charge >= 0.3 is 0 Å². The number of fused-ring (bicyclic) bond motifs is 1. The number of hydrogen-bond acceptors (Lipinski definition) is 1. The van der Waals surface area contributed by atoms with E-state index in [0.717, 1.165) is 10.9 Å². The lowest BCUT2D eigenvalue weighted by atomic mass is 9.84. The zero-order valence-corrected chi connectivity index (χ0v) is 13.0. The van der Waals surface area contributed by atoms with Crippen molar-refractivity contribution >= 4 is 28.4 Å². The van der Waals surface area contributed by atoms with Gasteiger partial charge in [-0.15, -0.1) is 0 Å². The standard InChI is InChI=1S/C17H21ClN2O/c1-11(12-5-3-2-4-6-12)20-17(21)14-7-8-15-13(16(14)18)9-10-19-15/h7-12,19H,2-6H2,1H3,(H,20,21)/t11-/m0/s1. The third kappa shape index (κ3) is 2.93. The van der Waals surface area contributed by atoms with Gasteiger partial charge in [-0.1, -0.05) is 30.9 Å². The van der Waals surface area contributed by atoms with Crippen LogP contribution in [0.1, 0.15) is 49.4 Å². The summed E-state index contributed by atoms with van der Waals surface area (Å²) in [5.74, 6) is 0.527. The minimum Gasteiger partial charge on any atom is -0.361 e. The van der Waals surface area contributed by atoms with Crippen LogP contribution < -0.4 is 5.32 Å². The van der Waals surface area contributed by atoms with E-state index in [-0.39, 0.29) is 11.9 Å². The normalized spacial score (nSPS) is 17.8. The Hall–Kier alpha value is -1.48. The first-order valence-electron chi connectivity index (χ1n) is 7.73. The number of aromatic amines is 1. The molecule has 1 aliphatic carbocycles. The van der Waals surface area contributed by atoms with Gasteiger partial charge in [0.2, 0.25) is 0 Å². The van der Waals surface area contributed by atoms with Gasteiger partial charge in [0.25, 0.3) is 5.91 Å². The number of carbonyl (C=O) groups excluding carboxylic acids is 1. The Morgan fingerprint density at radius 1 is 1.29 bits per heavy atom. The second kappa shape index (κ2) is 6.10. The number of nitrogens with one attached hydrogen (secondary N) is 2. The SMILES string of the molecule is C[C@H](NC(=O)c1ccc2[nH]ccc2c1Cl)C1CCCCC1. The van der Waals surface area contributed by atoms with Crippen molar-refractivity contribution in [3.8, 4) is 0 Å². The molecule has 3 rings (SSSR count). The van der Waals surface area contributed by atoms with Gasteiger partial charge in [-0.3, -0.25) is 4.79 Å². The van der Waals surface area contributed by atoms with E-state index >= 15 is 0 Å². The number of benzene rings is 1. The molecule has 1 aromatic heterocycles. The molecule has 2 N–H and O–H groups in total. The third-order valence-electron chi connectivity index (χ3n) is 4.63. The molecule has 1 saturated carbocycles. The maximum Gasteiger partial charge on any atom is 0.253 e. The van der Waals surface area contributed by atoms with Crippen molar-refractivity contribution in [3.63, 3.8) is 0 Å². The fourth-order valence-electron chi connectivity index (χ4n) is 3.31. The molecule has 3 nitrogen and oxygen atoms in total. The highest BCUT2D eigenvalue weighted by Crippen LogP contribution is 2.28. The highest BCUT2D eigenvalue weighted by molar-refractivity contribution is 6.38. The van der Waals surface area contributed by atoms with Crippen molar-refractivity contribution in [1.29, 1.82) is 0 Å². The number of rotatable bonds is 3. The molecule has 1 atom stereocenters. The fraction of sp³-hybridized carbons (Fsp3) is 0.471. The minimum absolute atomic E-state index is 0.0684. The zero-order valence-electron chi connectivity index (χ0n) is 12.3. The van der Waals surface area contributed by atoms with E-state index in [1.54, 1.807) is 6.07 Å². The summed E-state index contributed by atoms with van der Waals surface area (Å²) >= 11 is 6.37. The lowest BCUT2D eigenvalue weighted by molar-refractivity contribution is 0.0919. The van der Waals surface area contributed by atoms with Crippen molar-refractivity contribution < 1.29 is 4.79 Å². The number of hydrogen-bond donors (Lipinski definition) is 2. The molecule has 1 aliphatic rings. The second-order valence-corrected chi connectivity index (χ2v) is 6.40. The van der Waals surface area contributed by atoms with Gasteiger partial charge in [-0.2, -0.15) is 0 Å². The number of halogens is 1. The lowest BCUT2D eigenvalue weighted by Crippen LogP contribution is -2.39. The molecular formula is C17H21ClN2O. The summed E-state index contributed by atoms with van der Waals surface area (Å²) < 4.78 is 0. The van der Waals surface area contributed by atoms with Crippen LogP contribution in [0, 0.1) is 5.92 Å². The van der Waals surface area contributed by atoms with Crippen molar-refractivity contribution in [2.45, 2.75) is 45.1 Å². The molecule has 1 aromatic carbocycles. The second-order valence-electron chi connectivity index (χ2n) is 6.03. The fourth-order valence-corrected chi connectivity index (χ4v) is 3.62.